The fourth-order valence-corrected chi connectivity index (χ4v) is 2.57. The minimum absolute atomic E-state index is 0.188. The van der Waals surface area contributed by atoms with Crippen LogP contribution in [0, 0.1) is 12.8 Å². The average molecular weight is 322 g/mol. The molecule has 1 aromatic heterocycles. The molecule has 2 aromatic rings. The summed E-state index contributed by atoms with van der Waals surface area (Å²) in [5.74, 6) is 0.947. The number of benzene rings is 1. The minimum Gasteiger partial charge on any atom is -0.451 e. The molecule has 3 rings (SSSR count). The van der Waals surface area contributed by atoms with Crippen LogP contribution in [0.1, 0.15) is 35.4 Å². The number of amides is 1. The quantitative estimate of drug-likeness (QED) is 0.786. The van der Waals surface area contributed by atoms with Crippen LogP contribution in [0.4, 0.5) is 0 Å². The van der Waals surface area contributed by atoms with E-state index in [1.807, 2.05) is 13.0 Å². The second kappa shape index (κ2) is 6.71. The number of ether oxygens (including phenoxy) is 1. The molecular formula is C17H20ClNO3. The molecule has 1 amide bonds. The van der Waals surface area contributed by atoms with Gasteiger partial charge >= 0.3 is 0 Å². The van der Waals surface area contributed by atoms with Crippen LogP contribution in [0.25, 0.3) is 11.0 Å². The van der Waals surface area contributed by atoms with Gasteiger partial charge in [0.1, 0.15) is 5.58 Å². The molecule has 0 saturated heterocycles. The molecule has 22 heavy (non-hydrogen) atoms. The Morgan fingerprint density at radius 3 is 3.05 bits per heavy atom. The Balaban J connectivity index is 1.52. The molecule has 0 radical (unpaired) electrons. The second-order valence-corrected chi connectivity index (χ2v) is 6.26. The van der Waals surface area contributed by atoms with Gasteiger partial charge in [0.05, 0.1) is 0 Å². The van der Waals surface area contributed by atoms with E-state index < -0.39 is 0 Å². The van der Waals surface area contributed by atoms with Crippen LogP contribution in [-0.4, -0.2) is 25.7 Å². The zero-order chi connectivity index (χ0) is 15.5. The molecule has 0 bridgehead atoms. The lowest BCUT2D eigenvalue weighted by molar-refractivity contribution is 0.0912. The molecule has 0 unspecified atom stereocenters. The van der Waals surface area contributed by atoms with Gasteiger partial charge in [0.15, 0.2) is 5.76 Å². The van der Waals surface area contributed by atoms with E-state index in [2.05, 4.69) is 5.32 Å². The molecule has 0 atom stereocenters. The summed E-state index contributed by atoms with van der Waals surface area (Å²) in [4.78, 5) is 12.2. The molecule has 1 fully saturated rings. The first-order chi connectivity index (χ1) is 10.6. The number of aryl methyl sites for hydroxylation is 1. The summed E-state index contributed by atoms with van der Waals surface area (Å²) in [6, 6.07) is 5.36. The molecule has 118 valence electrons. The number of carbonyl (C=O) groups excluding carboxylic acids is 1. The summed E-state index contributed by atoms with van der Waals surface area (Å²) in [5, 5.41) is 4.39. The number of fused-ring (bicyclic) bond motifs is 1. The molecule has 1 aromatic carbocycles. The smallest absolute Gasteiger partial charge is 0.287 e. The van der Waals surface area contributed by atoms with Gasteiger partial charge in [-0.25, -0.2) is 0 Å². The first kappa shape index (κ1) is 15.4. The van der Waals surface area contributed by atoms with Crippen LogP contribution in [-0.2, 0) is 4.74 Å². The van der Waals surface area contributed by atoms with Crippen molar-refractivity contribution < 1.29 is 13.9 Å². The van der Waals surface area contributed by atoms with E-state index in [1.54, 1.807) is 12.1 Å². The maximum absolute atomic E-state index is 12.2. The van der Waals surface area contributed by atoms with E-state index in [9.17, 15) is 4.79 Å². The van der Waals surface area contributed by atoms with Gasteiger partial charge in [-0.2, -0.15) is 0 Å². The molecule has 1 aliphatic rings. The van der Waals surface area contributed by atoms with E-state index in [-0.39, 0.29) is 5.91 Å². The van der Waals surface area contributed by atoms with Gasteiger partial charge < -0.3 is 14.5 Å². The molecule has 5 heteroatoms. The summed E-state index contributed by atoms with van der Waals surface area (Å²) >= 11 is 5.98. The highest BCUT2D eigenvalue weighted by atomic mass is 35.5. The monoisotopic (exact) mass is 321 g/mol. The predicted octanol–water partition coefficient (Wildman–Crippen LogP) is 3.94. The lowest BCUT2D eigenvalue weighted by atomic mass is 10.1. The minimum atomic E-state index is -0.188. The molecule has 1 heterocycles. The van der Waals surface area contributed by atoms with Crippen molar-refractivity contribution in [3.05, 3.63) is 34.5 Å². The van der Waals surface area contributed by atoms with Gasteiger partial charge in [0, 0.05) is 35.7 Å². The van der Waals surface area contributed by atoms with Crippen molar-refractivity contribution >= 4 is 28.5 Å². The first-order valence-electron chi connectivity index (χ1n) is 7.70. The molecule has 0 aliphatic heterocycles. The lowest BCUT2D eigenvalue weighted by Crippen LogP contribution is -2.25. The summed E-state index contributed by atoms with van der Waals surface area (Å²) < 4.78 is 11.2. The van der Waals surface area contributed by atoms with Gasteiger partial charge in [0.2, 0.25) is 0 Å². The molecule has 4 nitrogen and oxygen atoms in total. The summed E-state index contributed by atoms with van der Waals surface area (Å²) in [5.41, 5.74) is 1.50. The Morgan fingerprint density at radius 2 is 2.27 bits per heavy atom. The summed E-state index contributed by atoms with van der Waals surface area (Å²) in [7, 11) is 0. The van der Waals surface area contributed by atoms with Crippen LogP contribution in [0.5, 0.6) is 0 Å². The maximum atomic E-state index is 12.2. The SMILES string of the molecule is Cc1c(C(=O)NCCCOCC2CC2)oc2ccc(Cl)cc12. The van der Waals surface area contributed by atoms with Crippen LogP contribution in [0.3, 0.4) is 0 Å². The molecular weight excluding hydrogens is 302 g/mol. The second-order valence-electron chi connectivity index (χ2n) is 5.82. The van der Waals surface area contributed by atoms with Gasteiger partial charge in [-0.3, -0.25) is 4.79 Å². The van der Waals surface area contributed by atoms with Gasteiger partial charge in [0.25, 0.3) is 5.91 Å². The zero-order valence-corrected chi connectivity index (χ0v) is 13.4. The third kappa shape index (κ3) is 3.62. The summed E-state index contributed by atoms with van der Waals surface area (Å²) in [6.45, 7) is 4.00. The third-order valence-corrected chi connectivity index (χ3v) is 4.14. The van der Waals surface area contributed by atoms with Crippen LogP contribution in [0.2, 0.25) is 5.02 Å². The predicted molar refractivity (Wildman–Crippen MR) is 86.5 cm³/mol. The Labute approximate surface area is 134 Å². The fourth-order valence-electron chi connectivity index (χ4n) is 2.40. The van der Waals surface area contributed by atoms with Crippen molar-refractivity contribution in [3.8, 4) is 0 Å². The highest BCUT2D eigenvalue weighted by Crippen LogP contribution is 2.29. The Bertz CT molecular complexity index is 676. The van der Waals surface area contributed by atoms with Crippen molar-refractivity contribution in [1.29, 1.82) is 0 Å². The van der Waals surface area contributed by atoms with Gasteiger partial charge in [-0.15, -0.1) is 0 Å². The van der Waals surface area contributed by atoms with Crippen molar-refractivity contribution in [2.24, 2.45) is 5.92 Å². The number of carbonyl (C=O) groups is 1. The van der Waals surface area contributed by atoms with E-state index in [1.165, 1.54) is 12.8 Å². The van der Waals surface area contributed by atoms with E-state index in [0.717, 1.165) is 29.9 Å². The Morgan fingerprint density at radius 1 is 1.45 bits per heavy atom. The van der Waals surface area contributed by atoms with Crippen LogP contribution in [0.15, 0.2) is 22.6 Å². The zero-order valence-electron chi connectivity index (χ0n) is 12.7. The van der Waals surface area contributed by atoms with E-state index >= 15 is 0 Å². The average Bonchev–Trinajstić information content (AvgIpc) is 3.27. The van der Waals surface area contributed by atoms with Crippen molar-refractivity contribution in [2.75, 3.05) is 19.8 Å². The van der Waals surface area contributed by atoms with Crippen molar-refractivity contribution in [3.63, 3.8) is 0 Å². The lowest BCUT2D eigenvalue weighted by Gasteiger charge is -2.05. The van der Waals surface area contributed by atoms with Gasteiger partial charge in [-0.1, -0.05) is 11.6 Å². The number of furan rings is 1. The molecule has 1 aliphatic carbocycles. The van der Waals surface area contributed by atoms with E-state index in [4.69, 9.17) is 20.8 Å². The molecule has 1 N–H and O–H groups in total. The Kier molecular flexibility index (Phi) is 4.69. The van der Waals surface area contributed by atoms with Gasteiger partial charge in [-0.05, 0) is 50.3 Å². The van der Waals surface area contributed by atoms with Crippen molar-refractivity contribution in [1.82, 2.24) is 5.32 Å². The standard InChI is InChI=1S/C17H20ClNO3/c1-11-14-9-13(18)5-6-15(14)22-16(11)17(20)19-7-2-8-21-10-12-3-4-12/h5-6,9,12H,2-4,7-8,10H2,1H3,(H,19,20). The molecule has 1 saturated carbocycles. The summed E-state index contributed by atoms with van der Waals surface area (Å²) in [6.07, 6.45) is 3.40. The fraction of sp³-hybridized carbons (Fsp3) is 0.471. The van der Waals surface area contributed by atoms with Crippen molar-refractivity contribution in [2.45, 2.75) is 26.2 Å². The number of rotatable bonds is 7. The normalized spacial score (nSPS) is 14.5. The van der Waals surface area contributed by atoms with E-state index in [0.29, 0.717) is 29.5 Å². The molecule has 0 spiro atoms. The van der Waals surface area contributed by atoms with Crippen LogP contribution >= 0.6 is 11.6 Å². The van der Waals surface area contributed by atoms with Crippen LogP contribution < -0.4 is 5.32 Å². The highest BCUT2D eigenvalue weighted by molar-refractivity contribution is 6.31. The highest BCUT2D eigenvalue weighted by Gasteiger charge is 2.21. The maximum Gasteiger partial charge on any atom is 0.287 e. The largest absolute Gasteiger partial charge is 0.451 e. The third-order valence-electron chi connectivity index (χ3n) is 3.91. The number of hydrogen-bond donors (Lipinski definition) is 1. The topological polar surface area (TPSA) is 51.5 Å². The number of nitrogens with one attached hydrogen (secondary N) is 1. The Hall–Kier alpha value is -1.52. The first-order valence-corrected chi connectivity index (χ1v) is 8.07. The number of hydrogen-bond acceptors (Lipinski definition) is 3. The number of halogens is 1.